The number of halogens is 1. The molecule has 0 bridgehead atoms. The average molecular weight is 469 g/mol. The van der Waals surface area contributed by atoms with Crippen molar-refractivity contribution in [3.63, 3.8) is 0 Å². The highest BCUT2D eigenvalue weighted by Gasteiger charge is 2.26. The highest BCUT2D eigenvalue weighted by atomic mass is 32.2. The van der Waals surface area contributed by atoms with Crippen LogP contribution < -0.4 is 14.8 Å². The zero-order valence-corrected chi connectivity index (χ0v) is 19.4. The molecule has 1 aliphatic carbocycles. The van der Waals surface area contributed by atoms with Gasteiger partial charge in [0.05, 0.1) is 12.4 Å². The number of piperidine rings is 1. The highest BCUT2D eigenvalue weighted by Crippen LogP contribution is 2.31. The fraction of sp³-hybridized carbons (Fsp3) is 0.652. The molecule has 1 aliphatic heterocycles. The fourth-order valence-corrected chi connectivity index (χ4v) is 5.31. The number of hydrogen-bond donors (Lipinski definition) is 2. The van der Waals surface area contributed by atoms with Crippen LogP contribution in [-0.2, 0) is 19.6 Å². The van der Waals surface area contributed by atoms with Crippen LogP contribution in [0.2, 0.25) is 0 Å². The molecule has 1 aromatic carbocycles. The summed E-state index contributed by atoms with van der Waals surface area (Å²) in [7, 11) is -3.51. The molecule has 7 nitrogen and oxygen atoms in total. The molecule has 2 amide bonds. The first-order valence-corrected chi connectivity index (χ1v) is 13.2. The molecule has 2 atom stereocenters. The van der Waals surface area contributed by atoms with Gasteiger partial charge in [-0.05, 0) is 62.1 Å². The molecule has 2 fully saturated rings. The van der Waals surface area contributed by atoms with Gasteiger partial charge < -0.3 is 4.74 Å². The Kier molecular flexibility index (Phi) is 8.64. The number of sulfonamides is 1. The summed E-state index contributed by atoms with van der Waals surface area (Å²) >= 11 is 0. The molecule has 2 unspecified atom stereocenters. The maximum atomic E-state index is 14.1. The van der Waals surface area contributed by atoms with Crippen molar-refractivity contribution in [3.05, 3.63) is 29.6 Å². The van der Waals surface area contributed by atoms with Gasteiger partial charge >= 0.3 is 0 Å². The van der Waals surface area contributed by atoms with E-state index in [1.807, 2.05) is 6.92 Å². The number of nitrogens with one attached hydrogen (secondary N) is 2. The van der Waals surface area contributed by atoms with Gasteiger partial charge in [0.1, 0.15) is 0 Å². The lowest BCUT2D eigenvalue weighted by Gasteiger charge is -2.20. The normalized spacial score (nSPS) is 20.1. The lowest BCUT2D eigenvalue weighted by atomic mass is 9.92. The van der Waals surface area contributed by atoms with Crippen LogP contribution in [0.1, 0.15) is 76.3 Å². The Balaban J connectivity index is 1.45. The van der Waals surface area contributed by atoms with E-state index >= 15 is 0 Å². The Morgan fingerprint density at radius 2 is 1.97 bits per heavy atom. The van der Waals surface area contributed by atoms with Gasteiger partial charge in [-0.3, -0.25) is 14.9 Å². The predicted octanol–water partition coefficient (Wildman–Crippen LogP) is 3.60. The highest BCUT2D eigenvalue weighted by molar-refractivity contribution is 7.89. The van der Waals surface area contributed by atoms with Crippen LogP contribution in [0.5, 0.6) is 5.75 Å². The minimum absolute atomic E-state index is 0.00885. The van der Waals surface area contributed by atoms with Crippen molar-refractivity contribution in [1.82, 2.24) is 10.0 Å². The summed E-state index contributed by atoms with van der Waals surface area (Å²) in [4.78, 5) is 23.0. The Morgan fingerprint density at radius 1 is 1.19 bits per heavy atom. The van der Waals surface area contributed by atoms with E-state index in [4.69, 9.17) is 4.74 Å². The second kappa shape index (κ2) is 11.2. The first kappa shape index (κ1) is 24.6. The van der Waals surface area contributed by atoms with Gasteiger partial charge in [0.25, 0.3) is 0 Å². The minimum atomic E-state index is -3.51. The van der Waals surface area contributed by atoms with E-state index in [0.29, 0.717) is 56.6 Å². The monoisotopic (exact) mass is 468 g/mol. The predicted molar refractivity (Wildman–Crippen MR) is 119 cm³/mol. The number of rotatable bonds is 13. The molecule has 0 aromatic heterocycles. The molecule has 1 saturated heterocycles. The third-order valence-electron chi connectivity index (χ3n) is 6.08. The number of carbonyl (C=O) groups is 2. The molecule has 9 heteroatoms. The second-order valence-electron chi connectivity index (χ2n) is 8.84. The van der Waals surface area contributed by atoms with Gasteiger partial charge in [-0.15, -0.1) is 0 Å². The van der Waals surface area contributed by atoms with Crippen molar-refractivity contribution in [2.24, 2.45) is 11.8 Å². The first-order chi connectivity index (χ1) is 15.3. The van der Waals surface area contributed by atoms with E-state index in [9.17, 15) is 22.4 Å². The van der Waals surface area contributed by atoms with Gasteiger partial charge in [0.2, 0.25) is 21.8 Å². The molecule has 0 spiro atoms. The van der Waals surface area contributed by atoms with Crippen LogP contribution in [-0.4, -0.2) is 32.6 Å². The summed E-state index contributed by atoms with van der Waals surface area (Å²) in [6.07, 6.45) is 6.23. The summed E-state index contributed by atoms with van der Waals surface area (Å²) in [5.74, 6) is -0.401. The SMILES string of the molecule is CCC(NS(=O)(=O)CCCCCC1CCC(=O)NC1=O)c1ccc(F)c(OCC2CC2)c1. The third kappa shape index (κ3) is 7.55. The zero-order valence-electron chi connectivity index (χ0n) is 18.6. The van der Waals surface area contributed by atoms with Crippen LogP contribution in [0.4, 0.5) is 4.39 Å². The zero-order chi connectivity index (χ0) is 23.1. The van der Waals surface area contributed by atoms with Crippen LogP contribution in [0.25, 0.3) is 0 Å². The summed E-state index contributed by atoms with van der Waals surface area (Å²) in [6, 6.07) is 4.06. The number of ether oxygens (including phenoxy) is 1. The van der Waals surface area contributed by atoms with E-state index < -0.39 is 21.9 Å². The number of benzene rings is 1. The number of carbonyl (C=O) groups excluding carboxylic acids is 2. The molecule has 1 saturated carbocycles. The van der Waals surface area contributed by atoms with Crippen LogP contribution in [0, 0.1) is 17.7 Å². The molecule has 3 rings (SSSR count). The van der Waals surface area contributed by atoms with E-state index in [1.54, 1.807) is 12.1 Å². The van der Waals surface area contributed by atoms with Crippen LogP contribution in [0.3, 0.4) is 0 Å². The van der Waals surface area contributed by atoms with E-state index in [0.717, 1.165) is 19.3 Å². The Labute approximate surface area is 189 Å². The van der Waals surface area contributed by atoms with Gasteiger partial charge in [0, 0.05) is 18.4 Å². The van der Waals surface area contributed by atoms with Gasteiger partial charge in [-0.25, -0.2) is 17.5 Å². The quantitative estimate of drug-likeness (QED) is 0.340. The third-order valence-corrected chi connectivity index (χ3v) is 7.55. The molecule has 0 radical (unpaired) electrons. The smallest absolute Gasteiger partial charge is 0.229 e. The number of hydrogen-bond acceptors (Lipinski definition) is 5. The van der Waals surface area contributed by atoms with E-state index in [2.05, 4.69) is 10.0 Å². The first-order valence-electron chi connectivity index (χ1n) is 11.5. The van der Waals surface area contributed by atoms with E-state index in [1.165, 1.54) is 6.07 Å². The average Bonchev–Trinajstić information content (AvgIpc) is 3.57. The standard InChI is InChI=1S/C23H33FN2O5S/c1-2-20(18-9-11-19(24)21(14-18)31-15-16-7-8-16)26-32(29,30)13-5-3-4-6-17-10-12-22(27)25-23(17)28/h9,11,14,16-17,20,26H,2-8,10,12-13,15H2,1H3,(H,25,27,28). The van der Waals surface area contributed by atoms with Gasteiger partial charge in [0.15, 0.2) is 11.6 Å². The maximum absolute atomic E-state index is 14.1. The maximum Gasteiger partial charge on any atom is 0.229 e. The van der Waals surface area contributed by atoms with Crippen molar-refractivity contribution >= 4 is 21.8 Å². The van der Waals surface area contributed by atoms with Crippen molar-refractivity contribution in [2.75, 3.05) is 12.4 Å². The van der Waals surface area contributed by atoms with Crippen molar-refractivity contribution < 1.29 is 27.1 Å². The van der Waals surface area contributed by atoms with Gasteiger partial charge in [-0.1, -0.05) is 25.8 Å². The van der Waals surface area contributed by atoms with Crippen molar-refractivity contribution in [1.29, 1.82) is 0 Å². The molecule has 32 heavy (non-hydrogen) atoms. The summed E-state index contributed by atoms with van der Waals surface area (Å²) in [5, 5.41) is 2.35. The molecule has 178 valence electrons. The largest absolute Gasteiger partial charge is 0.490 e. The molecule has 1 aromatic rings. The summed E-state index contributed by atoms with van der Waals surface area (Å²) in [5.41, 5.74) is 0.682. The molecular weight excluding hydrogens is 435 g/mol. The Hall–Kier alpha value is -2.00. The van der Waals surface area contributed by atoms with Gasteiger partial charge in [-0.2, -0.15) is 0 Å². The molecule has 2 aliphatic rings. The van der Waals surface area contributed by atoms with Crippen molar-refractivity contribution in [3.8, 4) is 5.75 Å². The van der Waals surface area contributed by atoms with Crippen molar-refractivity contribution in [2.45, 2.75) is 70.8 Å². The number of unbranched alkanes of at least 4 members (excludes halogenated alkanes) is 2. The molecule has 2 N–H and O–H groups in total. The number of amides is 2. The van der Waals surface area contributed by atoms with E-state index in [-0.39, 0.29) is 29.2 Å². The molecule has 1 heterocycles. The molecular formula is C23H33FN2O5S. The summed E-state index contributed by atoms with van der Waals surface area (Å²) < 4.78 is 47.5. The topological polar surface area (TPSA) is 102 Å². The van der Waals surface area contributed by atoms with Crippen LogP contribution >= 0.6 is 0 Å². The lowest BCUT2D eigenvalue weighted by molar-refractivity contribution is -0.136. The number of imide groups is 1. The Bertz CT molecular complexity index is 917. The second-order valence-corrected chi connectivity index (χ2v) is 10.7. The fourth-order valence-electron chi connectivity index (χ4n) is 3.88. The van der Waals surface area contributed by atoms with Crippen LogP contribution in [0.15, 0.2) is 18.2 Å². The summed E-state index contributed by atoms with van der Waals surface area (Å²) in [6.45, 7) is 2.36. The minimum Gasteiger partial charge on any atom is -0.490 e. The lowest BCUT2D eigenvalue weighted by Crippen LogP contribution is -2.40. The Morgan fingerprint density at radius 3 is 2.66 bits per heavy atom.